The van der Waals surface area contributed by atoms with E-state index in [9.17, 15) is 43.8 Å². The van der Waals surface area contributed by atoms with Crippen molar-refractivity contribution >= 4 is 47.0 Å². The zero-order valence-electron chi connectivity index (χ0n) is 28.8. The second-order valence-corrected chi connectivity index (χ2v) is 12.5. The van der Waals surface area contributed by atoms with Crippen molar-refractivity contribution in [2.24, 2.45) is 11.8 Å². The molecule has 1 aromatic rings. The number of aliphatic hydroxyl groups is 1. The number of nitrogens with one attached hydrogen (secondary N) is 3. The Morgan fingerprint density at radius 1 is 1.02 bits per heavy atom. The molecule has 0 spiro atoms. The zero-order chi connectivity index (χ0) is 36.8. The molecule has 16 nitrogen and oxygen atoms in total. The number of likely N-dealkylation sites (N-methyl/N-ethyl adjacent to an activating group) is 1. The number of carboxylic acids is 1. The Kier molecular flexibility index (Phi) is 16.1. The van der Waals surface area contributed by atoms with E-state index in [1.807, 2.05) is 0 Å². The first-order chi connectivity index (χ1) is 23.0. The van der Waals surface area contributed by atoms with E-state index in [0.717, 1.165) is 0 Å². The van der Waals surface area contributed by atoms with Crippen LogP contribution in [0.1, 0.15) is 72.3 Å². The third kappa shape index (κ3) is 14.2. The summed E-state index contributed by atoms with van der Waals surface area (Å²) >= 11 is 0. The maximum Gasteiger partial charge on any atom is 0.333 e. The maximum absolute atomic E-state index is 13.0. The number of nitrogens with zero attached hydrogens (tertiary/aromatic N) is 1. The van der Waals surface area contributed by atoms with E-state index in [4.69, 9.17) is 14.2 Å². The number of hydrogen-bond donors (Lipinski definition) is 5. The summed E-state index contributed by atoms with van der Waals surface area (Å²) in [4.78, 5) is 86.7. The molecule has 1 aromatic carbocycles. The summed E-state index contributed by atoms with van der Waals surface area (Å²) in [6.07, 6.45) is -3.42. The molecular weight excluding hydrogens is 644 g/mol. The number of rotatable bonds is 18. The van der Waals surface area contributed by atoms with Gasteiger partial charge >= 0.3 is 11.9 Å². The highest BCUT2D eigenvalue weighted by atomic mass is 16.7. The number of amides is 4. The third-order valence-corrected chi connectivity index (χ3v) is 7.51. The summed E-state index contributed by atoms with van der Waals surface area (Å²) in [5, 5.41) is 27.2. The number of carboxylic acid groups (broad SMARTS) is 1. The number of esters is 1. The molecule has 4 atom stereocenters. The number of Topliss-reactive ketones (excluding diaryl/α,β-unsaturated/α-hetero) is 1. The molecule has 2 rings (SSSR count). The molecule has 4 unspecified atom stereocenters. The molecule has 1 aliphatic heterocycles. The van der Waals surface area contributed by atoms with Crippen molar-refractivity contribution in [1.82, 2.24) is 15.5 Å². The van der Waals surface area contributed by atoms with Crippen LogP contribution >= 0.6 is 0 Å². The summed E-state index contributed by atoms with van der Waals surface area (Å²) in [7, 11) is 1.53. The van der Waals surface area contributed by atoms with Crippen molar-refractivity contribution < 1.29 is 58.0 Å². The molecule has 1 fully saturated rings. The lowest BCUT2D eigenvalue weighted by atomic mass is 10.0. The van der Waals surface area contributed by atoms with Crippen molar-refractivity contribution in [3.8, 4) is 5.75 Å². The fourth-order valence-electron chi connectivity index (χ4n) is 4.63. The summed E-state index contributed by atoms with van der Waals surface area (Å²) in [5.41, 5.74) is 0.611. The van der Waals surface area contributed by atoms with Gasteiger partial charge in [-0.15, -0.1) is 0 Å². The number of benzene rings is 1. The van der Waals surface area contributed by atoms with Gasteiger partial charge in [0.05, 0.1) is 24.9 Å². The van der Waals surface area contributed by atoms with Gasteiger partial charge in [-0.2, -0.15) is 0 Å². The molecule has 1 saturated heterocycles. The van der Waals surface area contributed by atoms with Crippen LogP contribution in [0.25, 0.3) is 0 Å². The largest absolute Gasteiger partial charge is 0.479 e. The Morgan fingerprint density at radius 3 is 2.33 bits per heavy atom. The van der Waals surface area contributed by atoms with Crippen molar-refractivity contribution in [3.63, 3.8) is 0 Å². The van der Waals surface area contributed by atoms with Gasteiger partial charge in [-0.25, -0.2) is 4.79 Å². The van der Waals surface area contributed by atoms with E-state index < -0.39 is 60.7 Å². The van der Waals surface area contributed by atoms with E-state index in [1.165, 1.54) is 31.0 Å². The summed E-state index contributed by atoms with van der Waals surface area (Å²) in [6.45, 7) is 7.57. The molecule has 5 N–H and O–H groups in total. The number of ketones is 1. The summed E-state index contributed by atoms with van der Waals surface area (Å²) in [5.74, 6) is -4.37. The lowest BCUT2D eigenvalue weighted by molar-refractivity contribution is -0.195. The van der Waals surface area contributed by atoms with Gasteiger partial charge < -0.3 is 45.3 Å². The smallest absolute Gasteiger partial charge is 0.333 e. The molecule has 272 valence electrons. The molecule has 16 heteroatoms. The predicted octanol–water partition coefficient (Wildman–Crippen LogP) is 1.13. The molecule has 1 aliphatic rings. The van der Waals surface area contributed by atoms with Gasteiger partial charge in [0.1, 0.15) is 18.4 Å². The Morgan fingerprint density at radius 2 is 1.71 bits per heavy atom. The van der Waals surface area contributed by atoms with Gasteiger partial charge in [-0.3, -0.25) is 28.8 Å². The van der Waals surface area contributed by atoms with Crippen LogP contribution in [-0.4, -0.2) is 101 Å². The van der Waals surface area contributed by atoms with Gasteiger partial charge in [-0.1, -0.05) is 33.8 Å². The van der Waals surface area contributed by atoms with Gasteiger partial charge in [0.25, 0.3) is 0 Å². The highest BCUT2D eigenvalue weighted by molar-refractivity contribution is 5.97. The van der Waals surface area contributed by atoms with E-state index in [-0.39, 0.29) is 80.2 Å². The Bertz CT molecular complexity index is 1360. The Hall–Kier alpha value is -4.57. The Balaban J connectivity index is 1.99. The SMILES string of the molecule is CC(=O)OCc1ccc(NC(=O)CNC(=O)C(NC(=O)CCCC(=O)N(C)CC(=O)C(C)C)C(C)C)c(OC2CC(O)CC(C(=O)O)O2)c1. The molecule has 49 heavy (non-hydrogen) atoms. The molecule has 0 aromatic heterocycles. The second-order valence-electron chi connectivity index (χ2n) is 12.5. The summed E-state index contributed by atoms with van der Waals surface area (Å²) < 4.78 is 16.3. The van der Waals surface area contributed by atoms with E-state index in [2.05, 4.69) is 16.0 Å². The molecule has 0 aliphatic carbocycles. The minimum atomic E-state index is -1.31. The van der Waals surface area contributed by atoms with Crippen LogP contribution in [0.15, 0.2) is 18.2 Å². The van der Waals surface area contributed by atoms with Crippen LogP contribution in [0.2, 0.25) is 0 Å². The minimum absolute atomic E-state index is 0.00607. The molecule has 0 bridgehead atoms. The zero-order valence-corrected chi connectivity index (χ0v) is 28.8. The van der Waals surface area contributed by atoms with Crippen molar-refractivity contribution in [2.45, 2.75) is 97.9 Å². The molecule has 0 saturated carbocycles. The van der Waals surface area contributed by atoms with Gasteiger partial charge in [0, 0.05) is 45.6 Å². The molecule has 4 amide bonds. The van der Waals surface area contributed by atoms with Gasteiger partial charge in [-0.05, 0) is 30.0 Å². The van der Waals surface area contributed by atoms with Crippen molar-refractivity contribution in [3.05, 3.63) is 23.8 Å². The first kappa shape index (κ1) is 40.6. The van der Waals surface area contributed by atoms with Gasteiger partial charge in [0.15, 0.2) is 11.9 Å². The van der Waals surface area contributed by atoms with E-state index in [1.54, 1.807) is 33.8 Å². The number of aliphatic carboxylic acids is 1. The average molecular weight is 693 g/mol. The average Bonchev–Trinajstić information content (AvgIpc) is 3.01. The Labute approximate surface area is 285 Å². The van der Waals surface area contributed by atoms with Gasteiger partial charge in [0.2, 0.25) is 29.9 Å². The molecule has 0 radical (unpaired) electrons. The number of ether oxygens (including phenoxy) is 3. The highest BCUT2D eigenvalue weighted by Crippen LogP contribution is 2.31. The lowest BCUT2D eigenvalue weighted by Crippen LogP contribution is -2.51. The van der Waals surface area contributed by atoms with Crippen LogP contribution in [-0.2, 0) is 49.6 Å². The van der Waals surface area contributed by atoms with Crippen LogP contribution in [0.4, 0.5) is 5.69 Å². The van der Waals surface area contributed by atoms with Crippen LogP contribution in [0.5, 0.6) is 5.75 Å². The number of carbonyl (C=O) groups excluding carboxylic acids is 6. The highest BCUT2D eigenvalue weighted by Gasteiger charge is 2.34. The second kappa shape index (κ2) is 19.4. The monoisotopic (exact) mass is 692 g/mol. The predicted molar refractivity (Wildman–Crippen MR) is 174 cm³/mol. The number of hydrogen-bond acceptors (Lipinski definition) is 11. The third-order valence-electron chi connectivity index (χ3n) is 7.51. The molecular formula is C33H48N4O12. The standard InChI is InChI=1S/C33H48N4O12/c1-18(2)24(40)16-37(6)29(43)9-7-8-27(41)36-31(19(3)4)32(44)34-15-28(42)35-23-11-10-21(17-47-20(5)38)12-25(23)48-30-14-22(39)13-26(49-30)33(45)46/h10-12,18-19,22,26,30-31,39H,7-9,13-17H2,1-6H3,(H,34,44)(H,35,42)(H,36,41)(H,45,46). The van der Waals surface area contributed by atoms with Crippen molar-refractivity contribution in [1.29, 1.82) is 0 Å². The molecule has 1 heterocycles. The fraction of sp³-hybridized carbons (Fsp3) is 0.606. The fourth-order valence-corrected chi connectivity index (χ4v) is 4.63. The number of carbonyl (C=O) groups is 7. The maximum atomic E-state index is 13.0. The topological polar surface area (TPSA) is 227 Å². The summed E-state index contributed by atoms with van der Waals surface area (Å²) in [6, 6.07) is 3.50. The lowest BCUT2D eigenvalue weighted by Gasteiger charge is -2.31. The number of anilines is 1. The van der Waals surface area contributed by atoms with Crippen LogP contribution in [0.3, 0.4) is 0 Å². The van der Waals surface area contributed by atoms with Crippen molar-refractivity contribution in [2.75, 3.05) is 25.5 Å². The number of aliphatic hydroxyl groups excluding tert-OH is 1. The van der Waals surface area contributed by atoms with E-state index >= 15 is 0 Å². The first-order valence-corrected chi connectivity index (χ1v) is 16.1. The quantitative estimate of drug-likeness (QED) is 0.137. The van der Waals surface area contributed by atoms with Crippen LogP contribution in [0, 0.1) is 11.8 Å². The van der Waals surface area contributed by atoms with E-state index in [0.29, 0.717) is 5.56 Å². The minimum Gasteiger partial charge on any atom is -0.479 e. The normalized spacial score (nSPS) is 17.9. The van der Waals surface area contributed by atoms with Crippen LogP contribution < -0.4 is 20.7 Å². The first-order valence-electron chi connectivity index (χ1n) is 16.1.